The van der Waals surface area contributed by atoms with Gasteiger partial charge in [0.25, 0.3) is 0 Å². The minimum Gasteiger partial charge on any atom is -0.466 e. The van der Waals surface area contributed by atoms with Crippen molar-refractivity contribution in [2.24, 2.45) is 5.92 Å². The number of nitrogens with one attached hydrogen (secondary N) is 2. The zero-order valence-corrected chi connectivity index (χ0v) is 10.7. The summed E-state index contributed by atoms with van der Waals surface area (Å²) in [5, 5.41) is 10.0. The lowest BCUT2D eigenvalue weighted by molar-refractivity contribution is -0.149. The van der Waals surface area contributed by atoms with Crippen molar-refractivity contribution in [3.8, 4) is 0 Å². The summed E-state index contributed by atoms with van der Waals surface area (Å²) >= 11 is 0. The highest BCUT2D eigenvalue weighted by atomic mass is 16.5. The van der Waals surface area contributed by atoms with Crippen LogP contribution in [0.4, 0.5) is 0 Å². The molecule has 2 rings (SSSR count). The molecule has 2 N–H and O–H groups in total. The van der Waals surface area contributed by atoms with Crippen LogP contribution in [0.2, 0.25) is 0 Å². The van der Waals surface area contributed by atoms with Crippen molar-refractivity contribution >= 4 is 5.97 Å². The second-order valence-corrected chi connectivity index (χ2v) is 4.63. The summed E-state index contributed by atoms with van der Waals surface area (Å²) in [4.78, 5) is 15.8. The highest BCUT2D eigenvalue weighted by molar-refractivity contribution is 5.72. The number of esters is 1. The van der Waals surface area contributed by atoms with E-state index in [9.17, 15) is 4.79 Å². The molecule has 0 spiro atoms. The summed E-state index contributed by atoms with van der Waals surface area (Å²) in [6.45, 7) is 2.98. The second-order valence-electron chi connectivity index (χ2n) is 4.63. The third kappa shape index (κ3) is 3.53. The second kappa shape index (κ2) is 6.49. The molecule has 0 aromatic carbocycles. The molecular formula is C12H20N4O2. The van der Waals surface area contributed by atoms with Crippen LogP contribution in [0.3, 0.4) is 0 Å². The molecule has 1 aliphatic rings. The zero-order valence-electron chi connectivity index (χ0n) is 10.7. The van der Waals surface area contributed by atoms with E-state index < -0.39 is 0 Å². The van der Waals surface area contributed by atoms with E-state index in [1.807, 2.05) is 6.92 Å². The van der Waals surface area contributed by atoms with Gasteiger partial charge in [0.2, 0.25) is 0 Å². The van der Waals surface area contributed by atoms with Crippen LogP contribution in [0.25, 0.3) is 0 Å². The number of hydrogen-bond acceptors (Lipinski definition) is 5. The van der Waals surface area contributed by atoms with Gasteiger partial charge in [0.1, 0.15) is 12.2 Å². The van der Waals surface area contributed by atoms with Crippen molar-refractivity contribution in [2.75, 3.05) is 6.61 Å². The van der Waals surface area contributed by atoms with E-state index in [4.69, 9.17) is 4.74 Å². The molecule has 6 nitrogen and oxygen atoms in total. The van der Waals surface area contributed by atoms with Gasteiger partial charge >= 0.3 is 5.97 Å². The predicted molar refractivity (Wildman–Crippen MR) is 65.6 cm³/mol. The van der Waals surface area contributed by atoms with Crippen molar-refractivity contribution < 1.29 is 9.53 Å². The molecule has 0 radical (unpaired) electrons. The molecule has 2 atom stereocenters. The lowest BCUT2D eigenvalue weighted by Crippen LogP contribution is -2.36. The van der Waals surface area contributed by atoms with E-state index in [1.165, 1.54) is 6.33 Å². The van der Waals surface area contributed by atoms with Gasteiger partial charge in [-0.2, -0.15) is 5.10 Å². The lowest BCUT2D eigenvalue weighted by Gasteiger charge is -2.28. The number of ether oxygens (including phenoxy) is 1. The summed E-state index contributed by atoms with van der Waals surface area (Å²) < 4.78 is 5.08. The molecule has 6 heteroatoms. The van der Waals surface area contributed by atoms with Crippen molar-refractivity contribution in [3.63, 3.8) is 0 Å². The van der Waals surface area contributed by atoms with Gasteiger partial charge in [-0.1, -0.05) is 6.42 Å². The summed E-state index contributed by atoms with van der Waals surface area (Å²) in [5.74, 6) is 0.822. The highest BCUT2D eigenvalue weighted by Crippen LogP contribution is 2.25. The standard InChI is InChI=1S/C12H20N4O2/c1-2-18-12(17)9-4-3-5-10(6-9)13-7-11-14-8-15-16-11/h8-10,13H,2-7H2,1H3,(H,14,15,16). The van der Waals surface area contributed by atoms with Crippen molar-refractivity contribution in [3.05, 3.63) is 12.2 Å². The fourth-order valence-electron chi connectivity index (χ4n) is 2.41. The molecule has 100 valence electrons. The smallest absolute Gasteiger partial charge is 0.308 e. The topological polar surface area (TPSA) is 79.9 Å². The van der Waals surface area contributed by atoms with E-state index in [-0.39, 0.29) is 11.9 Å². The van der Waals surface area contributed by atoms with Crippen LogP contribution in [0.1, 0.15) is 38.4 Å². The van der Waals surface area contributed by atoms with Crippen LogP contribution in [0.5, 0.6) is 0 Å². The Morgan fingerprint density at radius 1 is 1.61 bits per heavy atom. The summed E-state index contributed by atoms with van der Waals surface area (Å²) in [7, 11) is 0. The first-order chi connectivity index (χ1) is 8.79. The number of aromatic nitrogens is 3. The molecule has 1 aromatic rings. The number of hydrogen-bond donors (Lipinski definition) is 2. The first kappa shape index (κ1) is 13.0. The average Bonchev–Trinajstić information content (AvgIpc) is 2.90. The largest absolute Gasteiger partial charge is 0.466 e. The Balaban J connectivity index is 1.77. The van der Waals surface area contributed by atoms with Gasteiger partial charge in [0.05, 0.1) is 19.1 Å². The van der Waals surface area contributed by atoms with E-state index in [1.54, 1.807) is 0 Å². The lowest BCUT2D eigenvalue weighted by atomic mass is 9.86. The molecule has 0 saturated heterocycles. The number of H-pyrrole nitrogens is 1. The molecule has 0 aliphatic heterocycles. The van der Waals surface area contributed by atoms with Gasteiger partial charge < -0.3 is 10.1 Å². The number of nitrogens with zero attached hydrogens (tertiary/aromatic N) is 2. The fraction of sp³-hybridized carbons (Fsp3) is 0.750. The number of carbonyl (C=O) groups is 1. The quantitative estimate of drug-likeness (QED) is 0.765. The van der Waals surface area contributed by atoms with Gasteiger partial charge in [-0.15, -0.1) is 0 Å². The zero-order chi connectivity index (χ0) is 12.8. The summed E-state index contributed by atoms with van der Waals surface area (Å²) in [6.07, 6.45) is 5.47. The Morgan fingerprint density at radius 3 is 3.22 bits per heavy atom. The Morgan fingerprint density at radius 2 is 2.50 bits per heavy atom. The Hall–Kier alpha value is -1.43. The van der Waals surface area contributed by atoms with Crippen LogP contribution in [-0.2, 0) is 16.1 Å². The van der Waals surface area contributed by atoms with Crippen molar-refractivity contribution in [1.29, 1.82) is 0 Å². The molecule has 1 fully saturated rings. The van der Waals surface area contributed by atoms with Crippen LogP contribution in [-0.4, -0.2) is 33.8 Å². The van der Waals surface area contributed by atoms with E-state index in [2.05, 4.69) is 20.5 Å². The SMILES string of the molecule is CCOC(=O)C1CCCC(NCc2ncn[nH]2)C1. The number of carbonyl (C=O) groups excluding carboxylic acids is 1. The molecule has 0 amide bonds. The first-order valence-electron chi connectivity index (χ1n) is 6.54. The van der Waals surface area contributed by atoms with Crippen LogP contribution in [0.15, 0.2) is 6.33 Å². The third-order valence-electron chi connectivity index (χ3n) is 3.32. The van der Waals surface area contributed by atoms with Crippen molar-refractivity contribution in [1.82, 2.24) is 20.5 Å². The van der Waals surface area contributed by atoms with Gasteiger partial charge in [0.15, 0.2) is 0 Å². The number of rotatable bonds is 5. The maximum Gasteiger partial charge on any atom is 0.308 e. The molecular weight excluding hydrogens is 232 g/mol. The fourth-order valence-corrected chi connectivity index (χ4v) is 2.41. The molecule has 1 aromatic heterocycles. The molecule has 2 unspecified atom stereocenters. The summed E-state index contributed by atoms with van der Waals surface area (Å²) in [6, 6.07) is 0.359. The average molecular weight is 252 g/mol. The van der Waals surface area contributed by atoms with E-state index in [0.29, 0.717) is 19.2 Å². The van der Waals surface area contributed by atoms with Crippen LogP contribution in [0, 0.1) is 5.92 Å². The van der Waals surface area contributed by atoms with Crippen molar-refractivity contribution in [2.45, 2.75) is 45.2 Å². The Bertz CT molecular complexity index is 366. The number of aromatic amines is 1. The third-order valence-corrected chi connectivity index (χ3v) is 3.32. The van der Waals surface area contributed by atoms with Crippen LogP contribution >= 0.6 is 0 Å². The van der Waals surface area contributed by atoms with Gasteiger partial charge in [-0.3, -0.25) is 9.89 Å². The van der Waals surface area contributed by atoms with E-state index >= 15 is 0 Å². The Labute approximate surface area is 107 Å². The van der Waals surface area contributed by atoms with E-state index in [0.717, 1.165) is 31.5 Å². The monoisotopic (exact) mass is 252 g/mol. The Kier molecular flexibility index (Phi) is 4.69. The van der Waals surface area contributed by atoms with Gasteiger partial charge in [0, 0.05) is 6.04 Å². The van der Waals surface area contributed by atoms with Gasteiger partial charge in [-0.25, -0.2) is 4.98 Å². The molecule has 18 heavy (non-hydrogen) atoms. The molecule has 1 heterocycles. The molecule has 1 aliphatic carbocycles. The maximum atomic E-state index is 11.7. The molecule has 0 bridgehead atoms. The maximum absolute atomic E-state index is 11.7. The molecule has 1 saturated carbocycles. The predicted octanol–water partition coefficient (Wildman–Crippen LogP) is 1.02. The minimum absolute atomic E-state index is 0.0472. The first-order valence-corrected chi connectivity index (χ1v) is 6.54. The normalized spacial score (nSPS) is 23.8. The highest BCUT2D eigenvalue weighted by Gasteiger charge is 2.27. The van der Waals surface area contributed by atoms with Gasteiger partial charge in [-0.05, 0) is 26.2 Å². The summed E-state index contributed by atoms with van der Waals surface area (Å²) in [5.41, 5.74) is 0. The van der Waals surface area contributed by atoms with Crippen LogP contribution < -0.4 is 5.32 Å². The minimum atomic E-state index is -0.0522.